The maximum atomic E-state index is 9.40. The molecule has 0 saturated heterocycles. The topological polar surface area (TPSA) is 112 Å². The van der Waals surface area contributed by atoms with Crippen molar-refractivity contribution in [2.75, 3.05) is 6.61 Å². The van der Waals surface area contributed by atoms with Gasteiger partial charge in [0, 0.05) is 16.7 Å². The van der Waals surface area contributed by atoms with Crippen molar-refractivity contribution in [3.63, 3.8) is 0 Å². The van der Waals surface area contributed by atoms with Gasteiger partial charge in [0.25, 0.3) is 17.1 Å². The van der Waals surface area contributed by atoms with Gasteiger partial charge in [0.1, 0.15) is 17.2 Å². The SMILES string of the molecule is [C-]#[N+]/C(C#N)=C(\c1ccccc1)c1ccc(OCC(CC)CCCC)cc1.[C-]#[N+]C(C#N)=C(c1ccc(C)cc1)c1ccc(C)cc1.[C-]#[N+]C(C#N)=C(c1ccc(OC(C)C)cc1)c1ccc(OC(C)C)cc1. The van der Waals surface area contributed by atoms with Crippen LogP contribution < -0.4 is 14.2 Å². The molecule has 0 aliphatic rings. The van der Waals surface area contributed by atoms with E-state index in [0.717, 1.165) is 74.8 Å². The number of ether oxygens (including phenoxy) is 3. The number of nitriles is 3. The molecule has 0 spiro atoms. The molecule has 9 heteroatoms. The third kappa shape index (κ3) is 17.4. The molecule has 0 aliphatic heterocycles. The second kappa shape index (κ2) is 29.8. The number of rotatable bonds is 17. The Kier molecular flexibility index (Phi) is 23.1. The Morgan fingerprint density at radius 3 is 1.07 bits per heavy atom. The molecule has 0 amide bonds. The van der Waals surface area contributed by atoms with Gasteiger partial charge >= 0.3 is 0 Å². The highest BCUT2D eigenvalue weighted by Gasteiger charge is 2.16. The van der Waals surface area contributed by atoms with Gasteiger partial charge in [0.05, 0.1) is 56.7 Å². The van der Waals surface area contributed by atoms with Crippen LogP contribution in [0.25, 0.3) is 31.3 Å². The summed E-state index contributed by atoms with van der Waals surface area (Å²) < 4.78 is 17.3. The number of hydrogen-bond donors (Lipinski definition) is 0. The molecule has 366 valence electrons. The van der Waals surface area contributed by atoms with E-state index in [1.54, 1.807) is 0 Å². The van der Waals surface area contributed by atoms with Crippen LogP contribution >= 0.6 is 0 Å². The first-order chi connectivity index (χ1) is 35.3. The summed E-state index contributed by atoms with van der Waals surface area (Å²) in [5, 5.41) is 28.0. The average molecular weight is 963 g/mol. The van der Waals surface area contributed by atoms with Gasteiger partial charge in [-0.1, -0.05) is 159 Å². The number of benzene rings is 6. The van der Waals surface area contributed by atoms with Crippen LogP contribution in [-0.4, -0.2) is 18.8 Å². The highest BCUT2D eigenvalue weighted by atomic mass is 16.5. The molecule has 6 rings (SSSR count). The fourth-order valence-corrected chi connectivity index (χ4v) is 7.55. The molecule has 0 fully saturated rings. The third-order valence-electron chi connectivity index (χ3n) is 11.3. The van der Waals surface area contributed by atoms with Crippen LogP contribution in [0.5, 0.6) is 17.2 Å². The summed E-state index contributed by atoms with van der Waals surface area (Å²) in [5.41, 5.74) is 9.64. The van der Waals surface area contributed by atoms with Crippen LogP contribution in [0.4, 0.5) is 0 Å². The van der Waals surface area contributed by atoms with Crippen molar-refractivity contribution < 1.29 is 14.2 Å². The van der Waals surface area contributed by atoms with Gasteiger partial charge in [0.15, 0.2) is 0 Å². The average Bonchev–Trinajstić information content (AvgIpc) is 3.40. The molecule has 1 atom stereocenters. The Morgan fingerprint density at radius 2 is 0.781 bits per heavy atom. The zero-order valence-electron chi connectivity index (χ0n) is 43.1. The molecule has 73 heavy (non-hydrogen) atoms. The Labute approximate surface area is 433 Å². The minimum atomic E-state index is 0.0556. The smallest absolute Gasteiger partial charge is 0.270 e. The minimum absolute atomic E-state index is 0.0556. The number of allylic oxidation sites excluding steroid dienone is 3. The standard InChI is InChI=1S/C24H26N2O.C22H22N2O2.C18H14N2/c1-4-6-10-19(5-2)18-27-22-15-13-21(14-16-22)24(23(17-25)26-3)20-11-8-7-9-12-20;1-15(2)25-19-10-6-17(7-11-19)22(21(14-23)24-5)18-8-12-20(13-9-18)26-16(3)4;1-13-4-8-15(9-5-13)18(17(12-19)20-3)16-10-6-14(2)7-11-16/h7-9,11-16,19H,4-6,10,18H2,1-2H3;6-13,15-16H,1-4H3;4-11H,1-2H3/b24-23+;;. The molecule has 9 nitrogen and oxygen atoms in total. The fraction of sp³-hybridized carbons (Fsp3) is 0.250. The van der Waals surface area contributed by atoms with E-state index in [-0.39, 0.29) is 29.3 Å². The van der Waals surface area contributed by atoms with Crippen LogP contribution in [-0.2, 0) is 0 Å². The lowest BCUT2D eigenvalue weighted by Gasteiger charge is -2.16. The highest BCUT2D eigenvalue weighted by Crippen LogP contribution is 2.32. The normalized spacial score (nSPS) is 10.8. The number of hydrogen-bond acceptors (Lipinski definition) is 6. The monoisotopic (exact) mass is 962 g/mol. The molecular weight excluding hydrogens is 901 g/mol. The van der Waals surface area contributed by atoms with Crippen molar-refractivity contribution in [3.8, 4) is 35.5 Å². The molecule has 6 aromatic rings. The Bertz CT molecular complexity index is 2920. The lowest BCUT2D eigenvalue weighted by molar-refractivity contribution is 0.233. The van der Waals surface area contributed by atoms with E-state index in [0.29, 0.717) is 22.6 Å². The van der Waals surface area contributed by atoms with Crippen LogP contribution in [0.1, 0.15) is 112 Å². The van der Waals surface area contributed by atoms with E-state index < -0.39 is 0 Å². The first kappa shape index (κ1) is 56.5. The van der Waals surface area contributed by atoms with Crippen LogP contribution in [0.2, 0.25) is 0 Å². The summed E-state index contributed by atoms with van der Waals surface area (Å²) in [6, 6.07) is 53.9. The Hall–Kier alpha value is -9.12. The lowest BCUT2D eigenvalue weighted by atomic mass is 9.95. The fourth-order valence-electron chi connectivity index (χ4n) is 7.55. The van der Waals surface area contributed by atoms with Gasteiger partial charge in [0.2, 0.25) is 0 Å². The van der Waals surface area contributed by atoms with E-state index >= 15 is 0 Å². The molecule has 0 N–H and O–H groups in total. The van der Waals surface area contributed by atoms with E-state index in [9.17, 15) is 15.8 Å². The maximum absolute atomic E-state index is 9.40. The quantitative estimate of drug-likeness (QED) is 0.0665. The van der Waals surface area contributed by atoms with Gasteiger partial charge in [-0.3, -0.25) is 0 Å². The molecule has 6 aromatic carbocycles. The molecule has 0 saturated carbocycles. The van der Waals surface area contributed by atoms with Crippen molar-refractivity contribution in [2.45, 2.75) is 93.3 Å². The molecular formula is C64H62N6O3. The molecule has 0 aliphatic carbocycles. The first-order valence-electron chi connectivity index (χ1n) is 24.4. The largest absolute Gasteiger partial charge is 0.493 e. The van der Waals surface area contributed by atoms with E-state index in [2.05, 4.69) is 28.4 Å². The summed E-state index contributed by atoms with van der Waals surface area (Å²) in [5.74, 6) is 2.91. The second-order valence-corrected chi connectivity index (χ2v) is 17.6. The van der Waals surface area contributed by atoms with Crippen LogP contribution in [0.3, 0.4) is 0 Å². The third-order valence-corrected chi connectivity index (χ3v) is 11.3. The van der Waals surface area contributed by atoms with Crippen molar-refractivity contribution in [3.05, 3.63) is 248 Å². The van der Waals surface area contributed by atoms with Crippen molar-refractivity contribution in [2.24, 2.45) is 5.92 Å². The van der Waals surface area contributed by atoms with Crippen LogP contribution in [0, 0.1) is 73.5 Å². The predicted molar refractivity (Wildman–Crippen MR) is 293 cm³/mol. The van der Waals surface area contributed by atoms with Crippen molar-refractivity contribution in [1.29, 1.82) is 15.8 Å². The number of unbranched alkanes of at least 4 members (excludes halogenated alkanes) is 1. The van der Waals surface area contributed by atoms with E-state index in [1.807, 2.05) is 211 Å². The molecule has 0 radical (unpaired) electrons. The summed E-state index contributed by atoms with van der Waals surface area (Å²) in [7, 11) is 0. The molecule has 0 aromatic heterocycles. The van der Waals surface area contributed by atoms with E-state index in [4.69, 9.17) is 33.9 Å². The molecule has 1 unspecified atom stereocenters. The van der Waals surface area contributed by atoms with Crippen molar-refractivity contribution in [1.82, 2.24) is 0 Å². The van der Waals surface area contributed by atoms with Crippen LogP contribution in [0.15, 0.2) is 169 Å². The Morgan fingerprint density at radius 1 is 0.466 bits per heavy atom. The van der Waals surface area contributed by atoms with E-state index in [1.165, 1.54) is 19.3 Å². The number of nitrogens with zero attached hydrogens (tertiary/aromatic N) is 6. The Balaban J connectivity index is 0.000000240. The summed E-state index contributed by atoms with van der Waals surface area (Å²) >= 11 is 0. The lowest BCUT2D eigenvalue weighted by Crippen LogP contribution is -2.11. The first-order valence-corrected chi connectivity index (χ1v) is 24.4. The highest BCUT2D eigenvalue weighted by molar-refractivity contribution is 5.87. The maximum Gasteiger partial charge on any atom is 0.270 e. The summed E-state index contributed by atoms with van der Waals surface area (Å²) in [6.07, 6.45) is 4.93. The zero-order chi connectivity index (χ0) is 53.1. The van der Waals surface area contributed by atoms with Gasteiger partial charge in [-0.2, -0.15) is 0 Å². The van der Waals surface area contributed by atoms with Crippen molar-refractivity contribution >= 4 is 16.7 Å². The van der Waals surface area contributed by atoms with Gasteiger partial charge < -0.3 is 14.2 Å². The molecule has 0 bridgehead atoms. The minimum Gasteiger partial charge on any atom is -0.493 e. The van der Waals surface area contributed by atoms with Gasteiger partial charge in [-0.25, -0.2) is 30.3 Å². The zero-order valence-corrected chi connectivity index (χ0v) is 43.1. The molecule has 0 heterocycles. The van der Waals surface area contributed by atoms with Gasteiger partial charge in [-0.05, 0) is 124 Å². The second-order valence-electron chi connectivity index (χ2n) is 17.6. The predicted octanol–water partition coefficient (Wildman–Crippen LogP) is 16.5. The van der Waals surface area contributed by atoms with Gasteiger partial charge in [-0.15, -0.1) is 0 Å². The number of aryl methyl sites for hydroxylation is 2. The summed E-state index contributed by atoms with van der Waals surface area (Å²) in [6.45, 7) is 38.9. The summed E-state index contributed by atoms with van der Waals surface area (Å²) in [4.78, 5) is 10.2.